The Morgan fingerprint density at radius 1 is 1.00 bits per heavy atom. The van der Waals surface area contributed by atoms with Gasteiger partial charge in [-0.15, -0.1) is 0 Å². The molecule has 4 saturated carbocycles. The summed E-state index contributed by atoms with van der Waals surface area (Å²) >= 11 is 0. The molecular formula is C17H31NO. The molecule has 2 N–H and O–H groups in total. The number of hydrogen-bond donors (Lipinski definition) is 2. The van der Waals surface area contributed by atoms with Crippen molar-refractivity contribution in [2.24, 2.45) is 29.1 Å². The zero-order valence-electron chi connectivity index (χ0n) is 12.9. The second-order valence-electron chi connectivity index (χ2n) is 8.20. The molecule has 2 nitrogen and oxygen atoms in total. The maximum absolute atomic E-state index is 9.56. The first-order valence-electron chi connectivity index (χ1n) is 8.39. The smallest absolute Gasteiger partial charge is 0.0587 e. The van der Waals surface area contributed by atoms with Crippen LogP contribution >= 0.6 is 0 Å². The van der Waals surface area contributed by atoms with Gasteiger partial charge in [-0.05, 0) is 74.5 Å². The van der Waals surface area contributed by atoms with Gasteiger partial charge in [0.05, 0.1) is 6.61 Å². The van der Waals surface area contributed by atoms with Crippen molar-refractivity contribution in [1.82, 2.24) is 5.32 Å². The number of aliphatic hydroxyl groups is 1. The highest BCUT2D eigenvalue weighted by molar-refractivity contribution is 5.05. The second-order valence-corrected chi connectivity index (χ2v) is 8.20. The fourth-order valence-electron chi connectivity index (χ4n) is 5.66. The molecule has 4 rings (SSSR count). The van der Waals surface area contributed by atoms with Gasteiger partial charge >= 0.3 is 0 Å². The average Bonchev–Trinajstić information content (AvgIpc) is 2.33. The quantitative estimate of drug-likeness (QED) is 0.800. The van der Waals surface area contributed by atoms with E-state index in [0.717, 1.165) is 17.8 Å². The first kappa shape index (κ1) is 13.9. The molecule has 4 aliphatic carbocycles. The molecule has 0 spiro atoms. The lowest BCUT2D eigenvalue weighted by Gasteiger charge is -2.59. The third-order valence-electron chi connectivity index (χ3n) is 6.47. The molecule has 4 fully saturated rings. The summed E-state index contributed by atoms with van der Waals surface area (Å²) in [5.41, 5.74) is 0.553. The molecule has 0 saturated heterocycles. The van der Waals surface area contributed by atoms with Crippen LogP contribution in [0.1, 0.15) is 59.3 Å². The Kier molecular flexibility index (Phi) is 3.68. The van der Waals surface area contributed by atoms with E-state index in [9.17, 15) is 5.11 Å². The molecule has 0 aromatic rings. The van der Waals surface area contributed by atoms with Gasteiger partial charge in [-0.3, -0.25) is 0 Å². The van der Waals surface area contributed by atoms with E-state index < -0.39 is 0 Å². The number of nitrogens with one attached hydrogen (secondary N) is 1. The van der Waals surface area contributed by atoms with E-state index in [-0.39, 0.29) is 12.6 Å². The largest absolute Gasteiger partial charge is 0.395 e. The van der Waals surface area contributed by atoms with Crippen molar-refractivity contribution in [3.63, 3.8) is 0 Å². The fraction of sp³-hybridized carbons (Fsp3) is 1.00. The fourth-order valence-corrected chi connectivity index (χ4v) is 5.66. The van der Waals surface area contributed by atoms with E-state index in [4.69, 9.17) is 0 Å². The predicted molar refractivity (Wildman–Crippen MR) is 78.9 cm³/mol. The first-order valence-corrected chi connectivity index (χ1v) is 8.39. The van der Waals surface area contributed by atoms with Crippen LogP contribution in [-0.4, -0.2) is 23.8 Å². The van der Waals surface area contributed by atoms with Gasteiger partial charge in [-0.25, -0.2) is 0 Å². The van der Waals surface area contributed by atoms with Crippen LogP contribution in [0.25, 0.3) is 0 Å². The first-order chi connectivity index (χ1) is 9.02. The maximum atomic E-state index is 9.56. The highest BCUT2D eigenvalue weighted by atomic mass is 16.3. The van der Waals surface area contributed by atoms with Gasteiger partial charge in [-0.1, -0.05) is 13.8 Å². The van der Waals surface area contributed by atoms with Crippen LogP contribution in [0.15, 0.2) is 0 Å². The molecule has 0 aromatic heterocycles. The highest BCUT2D eigenvalue weighted by Gasteiger charge is 2.53. The van der Waals surface area contributed by atoms with E-state index in [1.807, 2.05) is 0 Å². The Hall–Kier alpha value is -0.0800. The lowest BCUT2D eigenvalue weighted by atomic mass is 9.48. The van der Waals surface area contributed by atoms with Crippen molar-refractivity contribution >= 4 is 0 Å². The molecule has 1 unspecified atom stereocenters. The van der Waals surface area contributed by atoms with Gasteiger partial charge in [0, 0.05) is 12.1 Å². The van der Waals surface area contributed by atoms with Crippen LogP contribution in [0.4, 0.5) is 0 Å². The van der Waals surface area contributed by atoms with Crippen molar-refractivity contribution in [1.29, 1.82) is 0 Å². The summed E-state index contributed by atoms with van der Waals surface area (Å²) in [6.45, 7) is 7.08. The number of rotatable bonds is 5. The zero-order chi connectivity index (χ0) is 13.6. The molecule has 2 atom stereocenters. The van der Waals surface area contributed by atoms with Crippen LogP contribution in [0.5, 0.6) is 0 Å². The van der Waals surface area contributed by atoms with Gasteiger partial charge < -0.3 is 10.4 Å². The van der Waals surface area contributed by atoms with Crippen LogP contribution in [0, 0.1) is 29.1 Å². The molecule has 19 heavy (non-hydrogen) atoms. The van der Waals surface area contributed by atoms with Crippen molar-refractivity contribution in [3.8, 4) is 0 Å². The minimum absolute atomic E-state index is 0.267. The van der Waals surface area contributed by atoms with Crippen molar-refractivity contribution in [2.75, 3.05) is 6.61 Å². The maximum Gasteiger partial charge on any atom is 0.0587 e. The van der Waals surface area contributed by atoms with Gasteiger partial charge in [0.25, 0.3) is 0 Å². The molecule has 110 valence electrons. The van der Waals surface area contributed by atoms with Crippen LogP contribution in [0.3, 0.4) is 0 Å². The van der Waals surface area contributed by atoms with Gasteiger partial charge in [0.1, 0.15) is 0 Å². The summed E-state index contributed by atoms with van der Waals surface area (Å²) in [5.74, 6) is 3.56. The SMILES string of the molecule is CC(C)[C@@H](CO)NC(C)C12CC3CC(CC(C3)C1)C2. The average molecular weight is 265 g/mol. The van der Waals surface area contributed by atoms with Crippen LogP contribution in [-0.2, 0) is 0 Å². The highest BCUT2D eigenvalue weighted by Crippen LogP contribution is 2.61. The summed E-state index contributed by atoms with van der Waals surface area (Å²) in [6, 6.07) is 0.837. The predicted octanol–water partition coefficient (Wildman–Crippen LogP) is 3.20. The van der Waals surface area contributed by atoms with Crippen LogP contribution in [0.2, 0.25) is 0 Å². The van der Waals surface area contributed by atoms with E-state index >= 15 is 0 Å². The second kappa shape index (κ2) is 5.04. The third kappa shape index (κ3) is 2.47. The van der Waals surface area contributed by atoms with E-state index in [2.05, 4.69) is 26.1 Å². The summed E-state index contributed by atoms with van der Waals surface area (Å²) in [5, 5.41) is 13.3. The Morgan fingerprint density at radius 3 is 1.84 bits per heavy atom. The Bertz CT molecular complexity index is 290. The third-order valence-corrected chi connectivity index (χ3v) is 6.47. The molecule has 0 heterocycles. The summed E-state index contributed by atoms with van der Waals surface area (Å²) in [6.07, 6.45) is 8.88. The summed E-state index contributed by atoms with van der Waals surface area (Å²) in [7, 11) is 0. The lowest BCUT2D eigenvalue weighted by Crippen LogP contribution is -2.57. The number of aliphatic hydroxyl groups excluding tert-OH is 1. The Balaban J connectivity index is 1.70. The molecule has 4 bridgehead atoms. The standard InChI is InChI=1S/C17H31NO/c1-11(2)16(10-19)18-12(3)17-7-13-4-14(8-17)6-15(5-13)9-17/h11-16,18-19H,4-10H2,1-3H3/t12?,13?,14?,15?,16-,17?/m1/s1. The van der Waals surface area contributed by atoms with E-state index in [1.54, 1.807) is 0 Å². The van der Waals surface area contributed by atoms with Gasteiger partial charge in [0.2, 0.25) is 0 Å². The molecule has 0 radical (unpaired) electrons. The lowest BCUT2D eigenvalue weighted by molar-refractivity contribution is -0.0739. The Labute approximate surface area is 118 Å². The molecule has 4 aliphatic rings. The molecule has 2 heteroatoms. The topological polar surface area (TPSA) is 32.3 Å². The van der Waals surface area contributed by atoms with E-state index in [0.29, 0.717) is 17.4 Å². The van der Waals surface area contributed by atoms with Crippen LogP contribution < -0.4 is 5.32 Å². The monoisotopic (exact) mass is 265 g/mol. The minimum Gasteiger partial charge on any atom is -0.395 e. The van der Waals surface area contributed by atoms with Gasteiger partial charge in [0.15, 0.2) is 0 Å². The van der Waals surface area contributed by atoms with Crippen molar-refractivity contribution in [2.45, 2.75) is 71.4 Å². The van der Waals surface area contributed by atoms with Crippen molar-refractivity contribution < 1.29 is 5.11 Å². The Morgan fingerprint density at radius 2 is 1.47 bits per heavy atom. The molecule has 0 aromatic carbocycles. The zero-order valence-corrected chi connectivity index (χ0v) is 12.9. The van der Waals surface area contributed by atoms with E-state index in [1.165, 1.54) is 38.5 Å². The molecule has 0 aliphatic heterocycles. The normalized spacial score (nSPS) is 43.7. The summed E-state index contributed by atoms with van der Waals surface area (Å²) < 4.78 is 0. The van der Waals surface area contributed by atoms with Gasteiger partial charge in [-0.2, -0.15) is 0 Å². The number of hydrogen-bond acceptors (Lipinski definition) is 2. The molecular weight excluding hydrogens is 234 g/mol. The minimum atomic E-state index is 0.267. The molecule has 0 amide bonds. The summed E-state index contributed by atoms with van der Waals surface area (Å²) in [4.78, 5) is 0. The van der Waals surface area contributed by atoms with Crippen molar-refractivity contribution in [3.05, 3.63) is 0 Å².